The van der Waals surface area contributed by atoms with E-state index in [1.54, 1.807) is 0 Å². The van der Waals surface area contributed by atoms with E-state index >= 15 is 0 Å². The molecular formula is C8H20NRu. The molecule has 65 valence electrons. The fourth-order valence-electron chi connectivity index (χ4n) is 0.387. The van der Waals surface area contributed by atoms with Crippen LogP contribution in [-0.4, -0.2) is 13.1 Å². The molecule has 0 amide bonds. The van der Waals surface area contributed by atoms with Crippen LogP contribution in [0, 0.1) is 5.92 Å². The molecule has 0 atom stereocenters. The van der Waals surface area contributed by atoms with Crippen LogP contribution in [0.2, 0.25) is 0 Å². The van der Waals surface area contributed by atoms with Gasteiger partial charge in [0.2, 0.25) is 0 Å². The fraction of sp³-hybridized carbons (Fsp3) is 1.00. The molecule has 0 aliphatic heterocycles. The summed E-state index contributed by atoms with van der Waals surface area (Å²) in [6.07, 6.45) is 0. The minimum Gasteiger partial charge on any atom is -0.662 e. The Morgan fingerprint density at radius 1 is 1.20 bits per heavy atom. The van der Waals surface area contributed by atoms with Crippen molar-refractivity contribution in [3.05, 3.63) is 5.32 Å². The standard InChI is InChI=1S/C6H14N.C2H6.Ru/c1-4-7-5-6(2)3;1-2;/h6H,4-5H2,1-3H3;1-2H3;/q-1;;+1. The molecule has 1 radical (unpaired) electrons. The smallest absolute Gasteiger partial charge is 0.662 e. The zero-order valence-electron chi connectivity index (χ0n) is 7.79. The second kappa shape index (κ2) is 16.3. The molecule has 0 saturated carbocycles. The van der Waals surface area contributed by atoms with E-state index in [1.165, 1.54) is 0 Å². The maximum absolute atomic E-state index is 4.17. The fourth-order valence-corrected chi connectivity index (χ4v) is 0.387. The topological polar surface area (TPSA) is 14.1 Å². The number of rotatable bonds is 3. The molecule has 0 unspecified atom stereocenters. The molecule has 0 spiro atoms. The van der Waals surface area contributed by atoms with Crippen LogP contribution >= 0.6 is 0 Å². The van der Waals surface area contributed by atoms with Gasteiger partial charge in [-0.2, -0.15) is 6.54 Å². The van der Waals surface area contributed by atoms with Gasteiger partial charge in [0, 0.05) is 0 Å². The molecule has 0 aromatic rings. The van der Waals surface area contributed by atoms with Gasteiger partial charge < -0.3 is 5.32 Å². The van der Waals surface area contributed by atoms with Crippen molar-refractivity contribution in [3.8, 4) is 0 Å². The summed E-state index contributed by atoms with van der Waals surface area (Å²) in [7, 11) is 0. The second-order valence-corrected chi connectivity index (χ2v) is 2.12. The Morgan fingerprint density at radius 3 is 1.70 bits per heavy atom. The first-order valence-electron chi connectivity index (χ1n) is 3.90. The predicted octanol–water partition coefficient (Wildman–Crippen LogP) is 3.06. The van der Waals surface area contributed by atoms with Crippen molar-refractivity contribution in [1.29, 1.82) is 0 Å². The van der Waals surface area contributed by atoms with Crippen molar-refractivity contribution >= 4 is 0 Å². The Hall–Kier alpha value is 0.583. The summed E-state index contributed by atoms with van der Waals surface area (Å²) in [6, 6.07) is 0. The van der Waals surface area contributed by atoms with Crippen LogP contribution in [0.1, 0.15) is 34.6 Å². The van der Waals surface area contributed by atoms with Crippen LogP contribution in [0.5, 0.6) is 0 Å². The first-order valence-corrected chi connectivity index (χ1v) is 3.90. The van der Waals surface area contributed by atoms with E-state index in [9.17, 15) is 0 Å². The quantitative estimate of drug-likeness (QED) is 0.663. The molecule has 1 nitrogen and oxygen atoms in total. The van der Waals surface area contributed by atoms with Crippen LogP contribution < -0.4 is 0 Å². The molecule has 0 fully saturated rings. The third-order valence-electron chi connectivity index (χ3n) is 0.718. The number of hydrogen-bond acceptors (Lipinski definition) is 0. The van der Waals surface area contributed by atoms with E-state index in [-0.39, 0.29) is 19.5 Å². The molecule has 0 N–H and O–H groups in total. The first kappa shape index (κ1) is 16.9. The third kappa shape index (κ3) is 23.5. The zero-order valence-corrected chi connectivity index (χ0v) is 9.53. The van der Waals surface area contributed by atoms with E-state index in [4.69, 9.17) is 0 Å². The number of nitrogens with zero attached hydrogens (tertiary/aromatic N) is 1. The molecule has 0 bridgehead atoms. The van der Waals surface area contributed by atoms with Crippen molar-refractivity contribution in [2.45, 2.75) is 34.6 Å². The van der Waals surface area contributed by atoms with Gasteiger partial charge in [-0.1, -0.05) is 40.5 Å². The largest absolute Gasteiger partial charge is 1.00 e. The van der Waals surface area contributed by atoms with Crippen molar-refractivity contribution < 1.29 is 19.5 Å². The van der Waals surface area contributed by atoms with Crippen LogP contribution in [0.3, 0.4) is 0 Å². The molecule has 0 aromatic carbocycles. The van der Waals surface area contributed by atoms with E-state index in [1.807, 2.05) is 13.8 Å². The Bertz CT molecular complexity index is 38.2. The third-order valence-corrected chi connectivity index (χ3v) is 0.718. The summed E-state index contributed by atoms with van der Waals surface area (Å²) in [5.74, 6) is 0.736. The van der Waals surface area contributed by atoms with Gasteiger partial charge in [-0.25, -0.2) is 0 Å². The first-order chi connectivity index (χ1) is 4.27. The summed E-state index contributed by atoms with van der Waals surface area (Å²) < 4.78 is 0. The monoisotopic (exact) mass is 232 g/mol. The average Bonchev–Trinajstić information content (AvgIpc) is 1.88. The Morgan fingerprint density at radius 2 is 1.60 bits per heavy atom. The molecule has 0 rings (SSSR count). The van der Waals surface area contributed by atoms with Crippen LogP contribution in [0.25, 0.3) is 5.32 Å². The predicted molar refractivity (Wildman–Crippen MR) is 45.0 cm³/mol. The van der Waals surface area contributed by atoms with Gasteiger partial charge in [-0.15, -0.1) is 6.54 Å². The molecule has 0 heterocycles. The van der Waals surface area contributed by atoms with Crippen LogP contribution in [0.15, 0.2) is 0 Å². The van der Waals surface area contributed by atoms with Crippen LogP contribution in [-0.2, 0) is 19.5 Å². The maximum Gasteiger partial charge on any atom is 1.00 e. The normalized spacial score (nSPS) is 7.80. The summed E-state index contributed by atoms with van der Waals surface area (Å²) in [6.45, 7) is 12.4. The van der Waals surface area contributed by atoms with Crippen molar-refractivity contribution in [2.75, 3.05) is 13.1 Å². The van der Waals surface area contributed by atoms with Gasteiger partial charge in [-0.3, -0.25) is 0 Å². The molecule has 2 heteroatoms. The molecular weight excluding hydrogens is 211 g/mol. The molecule has 10 heavy (non-hydrogen) atoms. The molecule has 0 saturated heterocycles. The maximum atomic E-state index is 4.17. The molecule has 0 aromatic heterocycles. The van der Waals surface area contributed by atoms with E-state index < -0.39 is 0 Å². The van der Waals surface area contributed by atoms with Crippen molar-refractivity contribution in [1.82, 2.24) is 0 Å². The summed E-state index contributed by atoms with van der Waals surface area (Å²) >= 11 is 0. The van der Waals surface area contributed by atoms with Gasteiger partial charge >= 0.3 is 19.5 Å². The van der Waals surface area contributed by atoms with Gasteiger partial charge in [0.25, 0.3) is 0 Å². The van der Waals surface area contributed by atoms with Crippen LogP contribution in [0.4, 0.5) is 0 Å². The molecule has 0 aliphatic rings. The summed E-state index contributed by atoms with van der Waals surface area (Å²) in [5.41, 5.74) is 0. The van der Waals surface area contributed by atoms with Gasteiger partial charge in [-0.05, 0) is 0 Å². The minimum absolute atomic E-state index is 0. The van der Waals surface area contributed by atoms with Crippen molar-refractivity contribution in [2.24, 2.45) is 5.92 Å². The zero-order chi connectivity index (χ0) is 7.70. The SMILES string of the molecule is CC.CC[N-]CC(C)C.[Ru+]. The molecule has 0 aliphatic carbocycles. The Labute approximate surface area is 78.7 Å². The van der Waals surface area contributed by atoms with Crippen molar-refractivity contribution in [3.63, 3.8) is 0 Å². The van der Waals surface area contributed by atoms with Gasteiger partial charge in [0.1, 0.15) is 0 Å². The summed E-state index contributed by atoms with van der Waals surface area (Å²) in [5, 5.41) is 4.17. The minimum atomic E-state index is 0. The van der Waals surface area contributed by atoms with E-state index in [2.05, 4.69) is 26.1 Å². The van der Waals surface area contributed by atoms with E-state index in [0.29, 0.717) is 0 Å². The van der Waals surface area contributed by atoms with Gasteiger partial charge in [0.05, 0.1) is 0 Å². The Kier molecular flexibility index (Phi) is 27.5. The summed E-state index contributed by atoms with van der Waals surface area (Å²) in [4.78, 5) is 0. The van der Waals surface area contributed by atoms with E-state index in [0.717, 1.165) is 19.0 Å². The number of hydrogen-bond donors (Lipinski definition) is 0. The Balaban J connectivity index is -0.000000149. The second-order valence-electron chi connectivity index (χ2n) is 2.12. The van der Waals surface area contributed by atoms with Gasteiger partial charge in [0.15, 0.2) is 0 Å². The average molecular weight is 231 g/mol.